The van der Waals surface area contributed by atoms with E-state index >= 15 is 0 Å². The molecule has 0 unspecified atom stereocenters. The monoisotopic (exact) mass is 252 g/mol. The molecule has 1 aromatic rings. The molecule has 1 saturated carbocycles. The van der Waals surface area contributed by atoms with Crippen molar-refractivity contribution in [2.24, 2.45) is 0 Å². The molecule has 1 fully saturated rings. The largest absolute Gasteiger partial charge is 0.493 e. The maximum atomic E-state index is 11.6. The Hall–Kier alpha value is -1.22. The molecule has 4 heteroatoms. The maximum absolute atomic E-state index is 11.6. The van der Waals surface area contributed by atoms with Crippen LogP contribution in [-0.4, -0.2) is 17.7 Å². The Labute approximate surface area is 104 Å². The highest BCUT2D eigenvalue weighted by atomic mass is 35.5. The van der Waals surface area contributed by atoms with Crippen LogP contribution in [0.3, 0.4) is 0 Å². The van der Waals surface area contributed by atoms with E-state index in [4.69, 9.17) is 16.3 Å². The summed E-state index contributed by atoms with van der Waals surface area (Å²) in [5.41, 5.74) is 1.03. The van der Waals surface area contributed by atoms with Crippen molar-refractivity contribution in [1.82, 2.24) is 0 Å². The van der Waals surface area contributed by atoms with Gasteiger partial charge in [0.2, 0.25) is 0 Å². The van der Waals surface area contributed by atoms with E-state index in [-0.39, 0.29) is 0 Å². The Morgan fingerprint density at radius 1 is 1.41 bits per heavy atom. The van der Waals surface area contributed by atoms with Crippen molar-refractivity contribution in [3.8, 4) is 5.75 Å². The molecule has 0 saturated heterocycles. The van der Waals surface area contributed by atoms with Crippen LogP contribution in [0, 0.1) is 0 Å². The minimum atomic E-state index is -0.768. The normalized spacial score (nSPS) is 20.3. The third-order valence-corrected chi connectivity index (χ3v) is 4.24. The molecule has 0 radical (unpaired) electrons. The van der Waals surface area contributed by atoms with Crippen molar-refractivity contribution in [3.05, 3.63) is 28.3 Å². The summed E-state index contributed by atoms with van der Waals surface area (Å²) >= 11 is 6.23. The van der Waals surface area contributed by atoms with Gasteiger partial charge >= 0.3 is 5.97 Å². The van der Waals surface area contributed by atoms with Crippen LogP contribution < -0.4 is 4.74 Å². The summed E-state index contributed by atoms with van der Waals surface area (Å²) < 4.78 is 5.49. The van der Waals surface area contributed by atoms with Gasteiger partial charge in [-0.25, -0.2) is 0 Å². The molecule has 3 rings (SSSR count). The molecule has 3 nitrogen and oxygen atoms in total. The Morgan fingerprint density at radius 2 is 2.18 bits per heavy atom. The first-order chi connectivity index (χ1) is 8.15. The second-order valence-electron chi connectivity index (χ2n) is 4.74. The smallest absolute Gasteiger partial charge is 0.314 e. The lowest BCUT2D eigenvalue weighted by Crippen LogP contribution is -2.43. The zero-order valence-corrected chi connectivity index (χ0v) is 10.1. The van der Waals surface area contributed by atoms with Gasteiger partial charge in [0, 0.05) is 17.0 Å². The zero-order chi connectivity index (χ0) is 12.0. The predicted molar refractivity (Wildman–Crippen MR) is 63.8 cm³/mol. The van der Waals surface area contributed by atoms with Gasteiger partial charge in [-0.05, 0) is 30.5 Å². The maximum Gasteiger partial charge on any atom is 0.314 e. The van der Waals surface area contributed by atoms with Crippen molar-refractivity contribution in [2.75, 3.05) is 6.61 Å². The lowest BCUT2D eigenvalue weighted by Gasteiger charge is -2.39. The van der Waals surface area contributed by atoms with Gasteiger partial charge in [-0.2, -0.15) is 0 Å². The Bertz CT molecular complexity index is 492. The quantitative estimate of drug-likeness (QED) is 0.880. The minimum Gasteiger partial charge on any atom is -0.493 e. The number of ether oxygens (including phenoxy) is 1. The highest BCUT2D eigenvalue weighted by Gasteiger charge is 2.49. The van der Waals surface area contributed by atoms with Crippen molar-refractivity contribution >= 4 is 17.6 Å². The van der Waals surface area contributed by atoms with E-state index in [9.17, 15) is 9.90 Å². The van der Waals surface area contributed by atoms with Crippen molar-refractivity contribution in [2.45, 2.75) is 31.1 Å². The van der Waals surface area contributed by atoms with Crippen LogP contribution >= 0.6 is 11.6 Å². The predicted octanol–water partition coefficient (Wildman–Crippen LogP) is 2.78. The molecule has 1 aliphatic heterocycles. The number of carbonyl (C=O) groups is 1. The number of rotatable bonds is 2. The van der Waals surface area contributed by atoms with Gasteiger partial charge in [0.15, 0.2) is 0 Å². The standard InChI is InChI=1S/C13H13ClO3/c14-9-2-3-10-8(4-7-17-10)11(9)13(12(15)16)5-1-6-13/h2-3H,1,4-7H2,(H,15,16). The fraction of sp³-hybridized carbons (Fsp3) is 0.462. The molecule has 1 aromatic carbocycles. The van der Waals surface area contributed by atoms with Gasteiger partial charge in [0.25, 0.3) is 0 Å². The SMILES string of the molecule is O=C(O)C1(c2c(Cl)ccc3c2CCO3)CCC1. The fourth-order valence-electron chi connectivity index (χ4n) is 2.87. The van der Waals surface area contributed by atoms with E-state index in [0.717, 1.165) is 29.7 Å². The van der Waals surface area contributed by atoms with Crippen molar-refractivity contribution in [3.63, 3.8) is 0 Å². The average Bonchev–Trinajstić information content (AvgIpc) is 2.67. The fourth-order valence-corrected chi connectivity index (χ4v) is 3.22. The van der Waals surface area contributed by atoms with Crippen LogP contribution in [0.25, 0.3) is 0 Å². The minimum absolute atomic E-state index is 0.566. The summed E-state index contributed by atoms with van der Waals surface area (Å²) in [6.07, 6.45) is 3.07. The molecule has 1 aliphatic carbocycles. The molecule has 1 heterocycles. The number of fused-ring (bicyclic) bond motifs is 1. The van der Waals surface area contributed by atoms with E-state index in [1.807, 2.05) is 6.07 Å². The van der Waals surface area contributed by atoms with E-state index in [1.165, 1.54) is 0 Å². The van der Waals surface area contributed by atoms with Gasteiger partial charge in [0.1, 0.15) is 5.75 Å². The number of halogens is 1. The average molecular weight is 253 g/mol. The number of aliphatic carboxylic acids is 1. The van der Waals surface area contributed by atoms with Gasteiger partial charge in [-0.15, -0.1) is 0 Å². The molecule has 90 valence electrons. The summed E-state index contributed by atoms with van der Waals surface area (Å²) in [5, 5.41) is 10.1. The van der Waals surface area contributed by atoms with E-state index in [0.29, 0.717) is 24.5 Å². The lowest BCUT2D eigenvalue weighted by molar-refractivity contribution is -0.147. The van der Waals surface area contributed by atoms with E-state index < -0.39 is 11.4 Å². The third kappa shape index (κ3) is 1.38. The zero-order valence-electron chi connectivity index (χ0n) is 9.33. The molecule has 0 amide bonds. The summed E-state index contributed by atoms with van der Waals surface area (Å²) in [6.45, 7) is 0.623. The van der Waals surface area contributed by atoms with Crippen LogP contribution in [0.15, 0.2) is 12.1 Å². The summed E-state index contributed by atoms with van der Waals surface area (Å²) in [6, 6.07) is 3.59. The number of carboxylic acid groups (broad SMARTS) is 1. The molecule has 17 heavy (non-hydrogen) atoms. The second kappa shape index (κ2) is 3.64. The number of benzene rings is 1. The topological polar surface area (TPSA) is 46.5 Å². The Balaban J connectivity index is 2.20. The molecular formula is C13H13ClO3. The van der Waals surface area contributed by atoms with Crippen LogP contribution in [-0.2, 0) is 16.6 Å². The summed E-state index contributed by atoms with van der Waals surface area (Å²) in [5.74, 6) is 0.0443. The molecule has 0 aromatic heterocycles. The van der Waals surface area contributed by atoms with E-state index in [2.05, 4.69) is 0 Å². The first-order valence-corrected chi connectivity index (χ1v) is 6.21. The lowest BCUT2D eigenvalue weighted by atomic mass is 9.63. The van der Waals surface area contributed by atoms with Crippen LogP contribution in [0.5, 0.6) is 5.75 Å². The first-order valence-electron chi connectivity index (χ1n) is 5.83. The number of hydrogen-bond acceptors (Lipinski definition) is 2. The second-order valence-corrected chi connectivity index (χ2v) is 5.15. The van der Waals surface area contributed by atoms with Crippen LogP contribution in [0.2, 0.25) is 5.02 Å². The molecule has 0 bridgehead atoms. The molecule has 0 spiro atoms. The van der Waals surface area contributed by atoms with Crippen LogP contribution in [0.1, 0.15) is 30.4 Å². The highest BCUT2D eigenvalue weighted by Crippen LogP contribution is 2.50. The first kappa shape index (κ1) is 10.9. The van der Waals surface area contributed by atoms with Crippen LogP contribution in [0.4, 0.5) is 0 Å². The van der Waals surface area contributed by atoms with Crippen molar-refractivity contribution < 1.29 is 14.6 Å². The van der Waals surface area contributed by atoms with Gasteiger partial charge < -0.3 is 9.84 Å². The van der Waals surface area contributed by atoms with Crippen molar-refractivity contribution in [1.29, 1.82) is 0 Å². The molecule has 0 atom stereocenters. The number of hydrogen-bond donors (Lipinski definition) is 1. The van der Waals surface area contributed by atoms with Gasteiger partial charge in [-0.1, -0.05) is 18.0 Å². The Morgan fingerprint density at radius 3 is 2.76 bits per heavy atom. The highest BCUT2D eigenvalue weighted by molar-refractivity contribution is 6.32. The van der Waals surface area contributed by atoms with E-state index in [1.54, 1.807) is 6.07 Å². The summed E-state index contributed by atoms with van der Waals surface area (Å²) in [7, 11) is 0. The molecule has 1 N–H and O–H groups in total. The number of carboxylic acids is 1. The molecule has 2 aliphatic rings. The van der Waals surface area contributed by atoms with Gasteiger partial charge in [0.05, 0.1) is 12.0 Å². The molecular weight excluding hydrogens is 240 g/mol. The Kier molecular flexibility index (Phi) is 2.33. The summed E-state index contributed by atoms with van der Waals surface area (Å²) in [4.78, 5) is 11.6. The van der Waals surface area contributed by atoms with Gasteiger partial charge in [-0.3, -0.25) is 4.79 Å². The third-order valence-electron chi connectivity index (χ3n) is 3.92.